The minimum atomic E-state index is -0.114. The molecule has 4 heteroatoms. The molecule has 3 atom stereocenters. The summed E-state index contributed by atoms with van der Waals surface area (Å²) in [6, 6.07) is 5.38. The molecule has 1 heterocycles. The monoisotopic (exact) mass is 294 g/mol. The number of halogens is 1. The normalized spacial score (nSPS) is 26.6. The molecule has 0 radical (unpaired) electrons. The van der Waals surface area contributed by atoms with Gasteiger partial charge in [0.05, 0.1) is 0 Å². The molecule has 0 aliphatic heterocycles. The van der Waals surface area contributed by atoms with Gasteiger partial charge in [0.1, 0.15) is 10.8 Å². The summed E-state index contributed by atoms with van der Waals surface area (Å²) in [6.07, 6.45) is 3.49. The van der Waals surface area contributed by atoms with Crippen molar-refractivity contribution in [2.75, 3.05) is 0 Å². The van der Waals surface area contributed by atoms with Crippen molar-refractivity contribution in [3.63, 3.8) is 0 Å². The van der Waals surface area contributed by atoms with E-state index in [-0.39, 0.29) is 11.9 Å². The van der Waals surface area contributed by atoms with Crippen molar-refractivity contribution in [3.8, 4) is 0 Å². The molecule has 0 bridgehead atoms. The molecule has 1 amide bonds. The molecule has 2 rings (SSSR count). The van der Waals surface area contributed by atoms with Gasteiger partial charge in [0.15, 0.2) is 0 Å². The maximum Gasteiger partial charge on any atom is 0.270 e. The van der Waals surface area contributed by atoms with E-state index < -0.39 is 0 Å². The molecule has 110 valence electrons. The molecule has 1 aliphatic rings. The Labute approximate surface area is 126 Å². The van der Waals surface area contributed by atoms with Gasteiger partial charge in [0.2, 0.25) is 0 Å². The van der Waals surface area contributed by atoms with E-state index in [4.69, 9.17) is 11.6 Å². The van der Waals surface area contributed by atoms with Crippen LogP contribution in [0.5, 0.6) is 0 Å². The fourth-order valence-corrected chi connectivity index (χ4v) is 3.31. The van der Waals surface area contributed by atoms with E-state index in [2.05, 4.69) is 31.1 Å². The second kappa shape index (κ2) is 6.57. The van der Waals surface area contributed by atoms with Crippen LogP contribution in [0.4, 0.5) is 0 Å². The van der Waals surface area contributed by atoms with Crippen LogP contribution < -0.4 is 5.32 Å². The molecule has 1 aromatic heterocycles. The number of hydrogen-bond donors (Lipinski definition) is 1. The Hall–Kier alpha value is -1.09. The topological polar surface area (TPSA) is 42.0 Å². The SMILES string of the molecule is CC1CCC(C(C)C)C(NC(=O)c2cccc(Cl)n2)C1. The van der Waals surface area contributed by atoms with Crippen molar-refractivity contribution in [1.29, 1.82) is 0 Å². The zero-order chi connectivity index (χ0) is 14.7. The molecule has 1 aliphatic carbocycles. The second-order valence-electron chi connectivity index (χ2n) is 6.25. The Kier molecular flexibility index (Phi) is 5.03. The van der Waals surface area contributed by atoms with Crippen molar-refractivity contribution in [2.45, 2.75) is 46.1 Å². The smallest absolute Gasteiger partial charge is 0.270 e. The number of carbonyl (C=O) groups excluding carboxylic acids is 1. The molecule has 0 aromatic carbocycles. The van der Waals surface area contributed by atoms with E-state index in [9.17, 15) is 4.79 Å². The van der Waals surface area contributed by atoms with Crippen molar-refractivity contribution in [2.24, 2.45) is 17.8 Å². The Morgan fingerprint density at radius 1 is 1.40 bits per heavy atom. The lowest BCUT2D eigenvalue weighted by atomic mass is 9.74. The Morgan fingerprint density at radius 2 is 2.15 bits per heavy atom. The van der Waals surface area contributed by atoms with Crippen molar-refractivity contribution < 1.29 is 4.79 Å². The van der Waals surface area contributed by atoms with Gasteiger partial charge in [-0.25, -0.2) is 4.98 Å². The van der Waals surface area contributed by atoms with Crippen LogP contribution in [-0.2, 0) is 0 Å². The number of pyridine rings is 1. The van der Waals surface area contributed by atoms with Crippen molar-refractivity contribution in [3.05, 3.63) is 29.0 Å². The van der Waals surface area contributed by atoms with Crippen LogP contribution in [0.2, 0.25) is 5.15 Å². The van der Waals surface area contributed by atoms with Crippen LogP contribution in [0.3, 0.4) is 0 Å². The summed E-state index contributed by atoms with van der Waals surface area (Å²) >= 11 is 5.84. The van der Waals surface area contributed by atoms with E-state index in [1.165, 1.54) is 12.8 Å². The summed E-state index contributed by atoms with van der Waals surface area (Å²) in [5, 5.41) is 3.52. The van der Waals surface area contributed by atoms with Crippen molar-refractivity contribution >= 4 is 17.5 Å². The molecule has 3 unspecified atom stereocenters. The maximum atomic E-state index is 12.3. The van der Waals surface area contributed by atoms with E-state index in [0.717, 1.165) is 6.42 Å². The van der Waals surface area contributed by atoms with Gasteiger partial charge in [0.25, 0.3) is 5.91 Å². The third kappa shape index (κ3) is 3.72. The molecule has 0 saturated heterocycles. The van der Waals surface area contributed by atoms with Crippen LogP contribution in [0, 0.1) is 17.8 Å². The average Bonchev–Trinajstić information content (AvgIpc) is 2.38. The van der Waals surface area contributed by atoms with E-state index >= 15 is 0 Å². The largest absolute Gasteiger partial charge is 0.348 e. The lowest BCUT2D eigenvalue weighted by Crippen LogP contribution is -2.45. The Balaban J connectivity index is 2.08. The fraction of sp³-hybridized carbons (Fsp3) is 0.625. The predicted molar refractivity (Wildman–Crippen MR) is 81.8 cm³/mol. The first-order valence-electron chi connectivity index (χ1n) is 7.40. The summed E-state index contributed by atoms with van der Waals surface area (Å²) in [5.41, 5.74) is 0.401. The number of carbonyl (C=O) groups is 1. The molecular formula is C16H23ClN2O. The zero-order valence-corrected chi connectivity index (χ0v) is 13.2. The van der Waals surface area contributed by atoms with Crippen LogP contribution in [0.1, 0.15) is 50.5 Å². The highest BCUT2D eigenvalue weighted by atomic mass is 35.5. The van der Waals surface area contributed by atoms with Crippen LogP contribution in [0.15, 0.2) is 18.2 Å². The van der Waals surface area contributed by atoms with Gasteiger partial charge < -0.3 is 5.32 Å². The minimum Gasteiger partial charge on any atom is -0.348 e. The molecule has 3 nitrogen and oxygen atoms in total. The highest BCUT2D eigenvalue weighted by Crippen LogP contribution is 2.33. The Morgan fingerprint density at radius 3 is 2.80 bits per heavy atom. The number of aromatic nitrogens is 1. The van der Waals surface area contributed by atoms with Crippen LogP contribution in [0.25, 0.3) is 0 Å². The number of nitrogens with zero attached hydrogens (tertiary/aromatic N) is 1. The van der Waals surface area contributed by atoms with Gasteiger partial charge in [-0.2, -0.15) is 0 Å². The number of hydrogen-bond acceptors (Lipinski definition) is 2. The number of amides is 1. The lowest BCUT2D eigenvalue weighted by Gasteiger charge is -2.37. The van der Waals surface area contributed by atoms with Crippen molar-refractivity contribution in [1.82, 2.24) is 10.3 Å². The fourth-order valence-electron chi connectivity index (χ4n) is 3.15. The average molecular weight is 295 g/mol. The molecule has 20 heavy (non-hydrogen) atoms. The summed E-state index contributed by atoms with van der Waals surface area (Å²) in [7, 11) is 0. The Bertz CT molecular complexity index is 475. The highest BCUT2D eigenvalue weighted by molar-refractivity contribution is 6.29. The predicted octanol–water partition coefficient (Wildman–Crippen LogP) is 3.93. The quantitative estimate of drug-likeness (QED) is 0.858. The van der Waals surface area contributed by atoms with Gasteiger partial charge in [-0.1, -0.05) is 44.9 Å². The third-order valence-electron chi connectivity index (χ3n) is 4.29. The maximum absolute atomic E-state index is 12.3. The first-order chi connectivity index (χ1) is 9.47. The number of rotatable bonds is 3. The first-order valence-corrected chi connectivity index (χ1v) is 7.78. The van der Waals surface area contributed by atoms with Crippen LogP contribution >= 0.6 is 11.6 Å². The van der Waals surface area contributed by atoms with Gasteiger partial charge >= 0.3 is 0 Å². The van der Waals surface area contributed by atoms with E-state index in [1.807, 2.05) is 0 Å². The lowest BCUT2D eigenvalue weighted by molar-refractivity contribution is 0.0863. The summed E-state index contributed by atoms with van der Waals surface area (Å²) in [5.74, 6) is 1.69. The highest BCUT2D eigenvalue weighted by Gasteiger charge is 2.31. The van der Waals surface area contributed by atoms with Crippen LogP contribution in [-0.4, -0.2) is 16.9 Å². The molecular weight excluding hydrogens is 272 g/mol. The zero-order valence-electron chi connectivity index (χ0n) is 12.4. The van der Waals surface area contributed by atoms with Gasteiger partial charge in [0, 0.05) is 6.04 Å². The summed E-state index contributed by atoms with van der Waals surface area (Å²) in [4.78, 5) is 16.4. The second-order valence-corrected chi connectivity index (χ2v) is 6.64. The van der Waals surface area contributed by atoms with E-state index in [0.29, 0.717) is 28.6 Å². The standard InChI is InChI=1S/C16H23ClN2O/c1-10(2)12-8-7-11(3)9-14(12)19-16(20)13-5-4-6-15(17)18-13/h4-6,10-12,14H,7-9H2,1-3H3,(H,19,20). The van der Waals surface area contributed by atoms with Gasteiger partial charge in [-0.05, 0) is 42.7 Å². The number of nitrogens with one attached hydrogen (secondary N) is 1. The molecule has 1 fully saturated rings. The van der Waals surface area contributed by atoms with Gasteiger partial charge in [-0.3, -0.25) is 4.79 Å². The molecule has 1 N–H and O–H groups in total. The van der Waals surface area contributed by atoms with E-state index in [1.54, 1.807) is 18.2 Å². The molecule has 0 spiro atoms. The van der Waals surface area contributed by atoms with Gasteiger partial charge in [-0.15, -0.1) is 0 Å². The molecule has 1 aromatic rings. The first kappa shape index (κ1) is 15.3. The third-order valence-corrected chi connectivity index (χ3v) is 4.50. The molecule has 1 saturated carbocycles. The summed E-state index contributed by atoms with van der Waals surface area (Å²) in [6.45, 7) is 6.72. The summed E-state index contributed by atoms with van der Waals surface area (Å²) < 4.78 is 0. The minimum absolute atomic E-state index is 0.114.